The van der Waals surface area contributed by atoms with Crippen molar-refractivity contribution in [1.82, 2.24) is 5.32 Å². The fourth-order valence-corrected chi connectivity index (χ4v) is 2.05. The Morgan fingerprint density at radius 2 is 1.65 bits per heavy atom. The minimum Gasteiger partial charge on any atom is -0.379 e. The molecule has 0 heterocycles. The van der Waals surface area contributed by atoms with E-state index in [1.165, 1.54) is 0 Å². The summed E-state index contributed by atoms with van der Waals surface area (Å²) in [6.45, 7) is 7.91. The van der Waals surface area contributed by atoms with Gasteiger partial charge in [-0.3, -0.25) is 9.59 Å². The summed E-state index contributed by atoms with van der Waals surface area (Å²) >= 11 is 0. The summed E-state index contributed by atoms with van der Waals surface area (Å²) in [7, 11) is 0. The Kier molecular flexibility index (Phi) is 13.7. The maximum atomic E-state index is 11.7. The van der Waals surface area contributed by atoms with Crippen LogP contribution >= 0.6 is 0 Å². The van der Waals surface area contributed by atoms with E-state index in [1.54, 1.807) is 0 Å². The van der Waals surface area contributed by atoms with Crippen LogP contribution in [0, 0.1) is 5.92 Å². The highest BCUT2D eigenvalue weighted by molar-refractivity contribution is 5.86. The van der Waals surface area contributed by atoms with Crippen LogP contribution < -0.4 is 11.1 Å². The van der Waals surface area contributed by atoms with Gasteiger partial charge in [-0.15, -0.1) is 0 Å². The molecule has 23 heavy (non-hydrogen) atoms. The normalized spacial score (nSPS) is 12.3. The van der Waals surface area contributed by atoms with E-state index in [0.29, 0.717) is 32.2 Å². The highest BCUT2D eigenvalue weighted by Crippen LogP contribution is 2.09. The van der Waals surface area contributed by atoms with Crippen LogP contribution in [0.25, 0.3) is 0 Å². The van der Waals surface area contributed by atoms with Crippen molar-refractivity contribution in [2.45, 2.75) is 65.3 Å². The van der Waals surface area contributed by atoms with Crippen molar-refractivity contribution in [1.29, 1.82) is 0 Å². The number of hydrogen-bond acceptors (Lipinski definition) is 4. The SMILES string of the molecule is CCCCOCCOCC(=O)N[C@H](CCCCC(C)C)C(N)=O. The van der Waals surface area contributed by atoms with Crippen LogP contribution in [0.4, 0.5) is 0 Å². The van der Waals surface area contributed by atoms with E-state index in [2.05, 4.69) is 26.1 Å². The van der Waals surface area contributed by atoms with Crippen molar-refractivity contribution in [2.75, 3.05) is 26.4 Å². The number of nitrogens with one attached hydrogen (secondary N) is 1. The molecule has 0 aliphatic heterocycles. The van der Waals surface area contributed by atoms with Gasteiger partial charge in [-0.2, -0.15) is 0 Å². The third-order valence-corrected chi connectivity index (χ3v) is 3.45. The van der Waals surface area contributed by atoms with Crippen LogP contribution in [0.3, 0.4) is 0 Å². The predicted octanol–water partition coefficient (Wildman–Crippen LogP) is 2.01. The van der Waals surface area contributed by atoms with Gasteiger partial charge in [0.1, 0.15) is 12.6 Å². The van der Waals surface area contributed by atoms with Crippen LogP contribution in [0.2, 0.25) is 0 Å². The van der Waals surface area contributed by atoms with Crippen LogP contribution in [0.5, 0.6) is 0 Å². The molecule has 0 aliphatic rings. The Balaban J connectivity index is 3.77. The van der Waals surface area contributed by atoms with E-state index < -0.39 is 11.9 Å². The number of primary amides is 1. The molecule has 0 bridgehead atoms. The van der Waals surface area contributed by atoms with E-state index >= 15 is 0 Å². The molecule has 1 atom stereocenters. The first kappa shape index (κ1) is 21.9. The molecule has 6 heteroatoms. The molecule has 0 aliphatic carbocycles. The number of nitrogens with two attached hydrogens (primary N) is 1. The van der Waals surface area contributed by atoms with Crippen molar-refractivity contribution in [3.63, 3.8) is 0 Å². The highest BCUT2D eigenvalue weighted by atomic mass is 16.5. The molecule has 0 unspecified atom stereocenters. The van der Waals surface area contributed by atoms with Crippen LogP contribution in [0.1, 0.15) is 59.3 Å². The summed E-state index contributed by atoms with van der Waals surface area (Å²) < 4.78 is 10.6. The van der Waals surface area contributed by atoms with Gasteiger partial charge in [0.2, 0.25) is 11.8 Å². The summed E-state index contributed by atoms with van der Waals surface area (Å²) in [5.74, 6) is -0.165. The topological polar surface area (TPSA) is 90.7 Å². The van der Waals surface area contributed by atoms with E-state index in [9.17, 15) is 9.59 Å². The third-order valence-electron chi connectivity index (χ3n) is 3.45. The minimum absolute atomic E-state index is 0.0765. The molecule has 136 valence electrons. The molecule has 0 fully saturated rings. The number of hydrogen-bond donors (Lipinski definition) is 2. The summed E-state index contributed by atoms with van der Waals surface area (Å²) in [6, 6.07) is -0.612. The summed E-state index contributed by atoms with van der Waals surface area (Å²) in [5, 5.41) is 2.64. The van der Waals surface area contributed by atoms with E-state index in [0.717, 1.165) is 32.1 Å². The Morgan fingerprint density at radius 1 is 1.00 bits per heavy atom. The van der Waals surface area contributed by atoms with Gasteiger partial charge >= 0.3 is 0 Å². The quantitative estimate of drug-likeness (QED) is 0.449. The molecular weight excluding hydrogens is 296 g/mol. The molecule has 6 nitrogen and oxygen atoms in total. The maximum absolute atomic E-state index is 11.7. The number of carbonyl (C=O) groups excluding carboxylic acids is 2. The lowest BCUT2D eigenvalue weighted by Crippen LogP contribution is -2.45. The Labute approximate surface area is 140 Å². The van der Waals surface area contributed by atoms with Crippen molar-refractivity contribution < 1.29 is 19.1 Å². The first-order valence-electron chi connectivity index (χ1n) is 8.71. The van der Waals surface area contributed by atoms with Gasteiger partial charge < -0.3 is 20.5 Å². The number of carbonyl (C=O) groups is 2. The average molecular weight is 330 g/mol. The minimum atomic E-state index is -0.612. The first-order valence-corrected chi connectivity index (χ1v) is 8.71. The lowest BCUT2D eigenvalue weighted by Gasteiger charge is -2.16. The third kappa shape index (κ3) is 14.2. The van der Waals surface area contributed by atoms with Crippen molar-refractivity contribution in [3.05, 3.63) is 0 Å². The molecule has 0 radical (unpaired) electrons. The van der Waals surface area contributed by atoms with Crippen molar-refractivity contribution in [2.24, 2.45) is 11.7 Å². The zero-order valence-electron chi connectivity index (χ0n) is 14.9. The monoisotopic (exact) mass is 330 g/mol. The molecule has 0 rings (SSSR count). The largest absolute Gasteiger partial charge is 0.379 e. The molecule has 0 aromatic rings. The van der Waals surface area contributed by atoms with Crippen LogP contribution in [-0.4, -0.2) is 44.3 Å². The second-order valence-electron chi connectivity index (χ2n) is 6.22. The lowest BCUT2D eigenvalue weighted by molar-refractivity contribution is -0.130. The van der Waals surface area contributed by atoms with E-state index in [4.69, 9.17) is 15.2 Å². The van der Waals surface area contributed by atoms with Gasteiger partial charge in [0.25, 0.3) is 0 Å². The second kappa shape index (κ2) is 14.5. The van der Waals surface area contributed by atoms with E-state index in [1.807, 2.05) is 0 Å². The van der Waals surface area contributed by atoms with Gasteiger partial charge in [-0.05, 0) is 18.8 Å². The maximum Gasteiger partial charge on any atom is 0.246 e. The number of unbranched alkanes of at least 4 members (excludes halogenated alkanes) is 2. The summed E-state index contributed by atoms with van der Waals surface area (Å²) in [4.78, 5) is 23.1. The predicted molar refractivity (Wildman–Crippen MR) is 91.0 cm³/mol. The Hall–Kier alpha value is -1.14. The fraction of sp³-hybridized carbons (Fsp3) is 0.882. The number of ether oxygens (including phenoxy) is 2. The standard InChI is InChI=1S/C17H34N2O4/c1-4-5-10-22-11-12-23-13-16(20)19-15(17(18)21)9-7-6-8-14(2)3/h14-15H,4-13H2,1-3H3,(H2,18,21)(H,19,20)/t15-/m1/s1. The molecule has 2 amide bonds. The van der Waals surface area contributed by atoms with Gasteiger partial charge in [-0.25, -0.2) is 0 Å². The number of amides is 2. The zero-order valence-corrected chi connectivity index (χ0v) is 14.9. The van der Waals surface area contributed by atoms with Crippen LogP contribution in [0.15, 0.2) is 0 Å². The lowest BCUT2D eigenvalue weighted by atomic mass is 10.0. The smallest absolute Gasteiger partial charge is 0.246 e. The number of rotatable bonds is 15. The van der Waals surface area contributed by atoms with Gasteiger partial charge in [-0.1, -0.05) is 46.5 Å². The molecule has 0 saturated heterocycles. The van der Waals surface area contributed by atoms with E-state index in [-0.39, 0.29) is 12.5 Å². The van der Waals surface area contributed by atoms with Crippen molar-refractivity contribution in [3.8, 4) is 0 Å². The Bertz CT molecular complexity index is 322. The average Bonchev–Trinajstić information content (AvgIpc) is 2.49. The van der Waals surface area contributed by atoms with Gasteiger partial charge in [0.15, 0.2) is 0 Å². The molecule has 0 saturated carbocycles. The van der Waals surface area contributed by atoms with Gasteiger partial charge in [0.05, 0.1) is 13.2 Å². The highest BCUT2D eigenvalue weighted by Gasteiger charge is 2.17. The van der Waals surface area contributed by atoms with Gasteiger partial charge in [0, 0.05) is 6.61 Å². The molecule has 0 aromatic heterocycles. The van der Waals surface area contributed by atoms with Crippen molar-refractivity contribution >= 4 is 11.8 Å². The fourth-order valence-electron chi connectivity index (χ4n) is 2.05. The zero-order chi connectivity index (χ0) is 17.5. The first-order chi connectivity index (χ1) is 11.0. The molecule has 3 N–H and O–H groups in total. The summed E-state index contributed by atoms with van der Waals surface area (Å²) in [6.07, 6.45) is 5.71. The second-order valence-corrected chi connectivity index (χ2v) is 6.22. The Morgan fingerprint density at radius 3 is 2.26 bits per heavy atom. The molecule has 0 spiro atoms. The van der Waals surface area contributed by atoms with Crippen LogP contribution in [-0.2, 0) is 19.1 Å². The summed E-state index contributed by atoms with van der Waals surface area (Å²) in [5.41, 5.74) is 5.34. The molecule has 0 aromatic carbocycles. The molecular formula is C17H34N2O4.